The largest absolute Gasteiger partial charge is 0.336 e. The maximum absolute atomic E-state index is 5.03. The number of rotatable bonds is 4. The predicted octanol–water partition coefficient (Wildman–Crippen LogP) is 7.22. The first-order valence-electron chi connectivity index (χ1n) is 11.8. The fraction of sp³-hybridized carbons (Fsp3) is 0.0312. The lowest BCUT2D eigenvalue weighted by molar-refractivity contribution is 0.836. The molecule has 0 amide bonds. The summed E-state index contributed by atoms with van der Waals surface area (Å²) in [7, 11) is 2.02. The van der Waals surface area contributed by atoms with Gasteiger partial charge >= 0.3 is 0 Å². The minimum Gasteiger partial charge on any atom is -0.336 e. The third kappa shape index (κ3) is 3.98. The van der Waals surface area contributed by atoms with Gasteiger partial charge in [0, 0.05) is 35.3 Å². The van der Waals surface area contributed by atoms with Gasteiger partial charge < -0.3 is 9.13 Å². The van der Waals surface area contributed by atoms with Crippen LogP contribution in [0.1, 0.15) is 11.1 Å². The molecular weight excluding hydrogens is 426 g/mol. The Kier molecular flexibility index (Phi) is 5.36. The fourth-order valence-corrected chi connectivity index (χ4v) is 4.66. The molecule has 4 aromatic carbocycles. The van der Waals surface area contributed by atoms with E-state index in [1.807, 2.05) is 42.1 Å². The Morgan fingerprint density at radius 3 is 2.03 bits per heavy atom. The summed E-state index contributed by atoms with van der Waals surface area (Å²) >= 11 is 0. The van der Waals surface area contributed by atoms with Gasteiger partial charge in [0.2, 0.25) is 0 Å². The zero-order chi connectivity index (χ0) is 23.6. The fourth-order valence-electron chi connectivity index (χ4n) is 4.66. The molecule has 2 heterocycles. The van der Waals surface area contributed by atoms with Crippen LogP contribution in [0.3, 0.4) is 0 Å². The van der Waals surface area contributed by atoms with E-state index < -0.39 is 0 Å². The van der Waals surface area contributed by atoms with Crippen molar-refractivity contribution in [1.29, 1.82) is 0 Å². The van der Waals surface area contributed by atoms with Crippen molar-refractivity contribution in [2.45, 2.75) is 0 Å². The van der Waals surface area contributed by atoms with E-state index in [1.54, 1.807) is 0 Å². The minimum absolute atomic E-state index is 0.904. The number of para-hydroxylation sites is 2. The standard InChI is InChI=1S/C32H25N3/c1-34-21-10-9-20-32(34)33-29(25-13-3-2-4-14-25)23-24-12-11-15-26(22-24)35-30-18-7-5-16-27(30)28-17-6-8-19-31(28)35/h2-23H,1H3/b29-23+,33-32?. The molecule has 0 atom stereocenters. The molecule has 0 unspecified atom stereocenters. The highest BCUT2D eigenvalue weighted by atomic mass is 15.0. The Labute approximate surface area is 204 Å². The lowest BCUT2D eigenvalue weighted by Gasteiger charge is -2.10. The SMILES string of the molecule is Cn1ccccc1=N/C(=C/c1cccc(-n2c3ccccc3c3ccccc32)c1)c1ccccc1. The highest BCUT2D eigenvalue weighted by Crippen LogP contribution is 2.32. The topological polar surface area (TPSA) is 22.2 Å². The smallest absolute Gasteiger partial charge is 0.132 e. The highest BCUT2D eigenvalue weighted by molar-refractivity contribution is 6.09. The number of pyridine rings is 1. The number of hydrogen-bond donors (Lipinski definition) is 0. The number of aryl methyl sites for hydroxylation is 1. The van der Waals surface area contributed by atoms with Crippen molar-refractivity contribution in [1.82, 2.24) is 9.13 Å². The van der Waals surface area contributed by atoms with Crippen molar-refractivity contribution < 1.29 is 0 Å². The lowest BCUT2D eigenvalue weighted by Crippen LogP contribution is -2.15. The van der Waals surface area contributed by atoms with Gasteiger partial charge in [0.05, 0.1) is 16.7 Å². The Bertz CT molecular complexity index is 1700. The lowest BCUT2D eigenvalue weighted by atomic mass is 10.1. The molecule has 3 nitrogen and oxygen atoms in total. The van der Waals surface area contributed by atoms with Gasteiger partial charge in [-0.2, -0.15) is 0 Å². The molecule has 0 aliphatic carbocycles. The molecule has 6 aromatic rings. The first-order chi connectivity index (χ1) is 17.3. The van der Waals surface area contributed by atoms with Crippen LogP contribution < -0.4 is 5.49 Å². The molecule has 0 fully saturated rings. The number of aromatic nitrogens is 2. The van der Waals surface area contributed by atoms with E-state index in [0.717, 1.165) is 28.0 Å². The van der Waals surface area contributed by atoms with Gasteiger partial charge in [-0.05, 0) is 48.0 Å². The normalized spacial score (nSPS) is 12.5. The van der Waals surface area contributed by atoms with E-state index in [4.69, 9.17) is 4.99 Å². The summed E-state index contributed by atoms with van der Waals surface area (Å²) in [6.45, 7) is 0. The second-order valence-electron chi connectivity index (χ2n) is 8.64. The second-order valence-corrected chi connectivity index (χ2v) is 8.64. The summed E-state index contributed by atoms with van der Waals surface area (Å²) in [6, 6.07) is 42.3. The van der Waals surface area contributed by atoms with E-state index in [2.05, 4.69) is 108 Å². The Morgan fingerprint density at radius 2 is 1.31 bits per heavy atom. The van der Waals surface area contributed by atoms with Crippen molar-refractivity contribution in [3.8, 4) is 5.69 Å². The quantitative estimate of drug-likeness (QED) is 0.253. The van der Waals surface area contributed by atoms with Crippen LogP contribution >= 0.6 is 0 Å². The average Bonchev–Trinajstić information content (AvgIpc) is 3.25. The molecule has 0 bridgehead atoms. The monoisotopic (exact) mass is 451 g/mol. The Hall–Kier alpha value is -4.63. The van der Waals surface area contributed by atoms with Gasteiger partial charge in [0.1, 0.15) is 5.49 Å². The summed E-state index contributed by atoms with van der Waals surface area (Å²) < 4.78 is 4.38. The molecule has 0 saturated carbocycles. The molecule has 168 valence electrons. The molecule has 0 N–H and O–H groups in total. The molecule has 6 rings (SSSR count). The van der Waals surface area contributed by atoms with Crippen molar-refractivity contribution in [2.75, 3.05) is 0 Å². The van der Waals surface area contributed by atoms with Crippen LogP contribution in [-0.2, 0) is 7.05 Å². The number of benzene rings is 4. The summed E-state index contributed by atoms with van der Waals surface area (Å²) in [5.41, 5.74) is 7.56. The van der Waals surface area contributed by atoms with Crippen LogP contribution in [0.15, 0.2) is 133 Å². The van der Waals surface area contributed by atoms with Crippen molar-refractivity contribution in [3.05, 3.63) is 144 Å². The van der Waals surface area contributed by atoms with Crippen LogP contribution in [0.5, 0.6) is 0 Å². The molecule has 0 aliphatic rings. The molecule has 0 aliphatic heterocycles. The van der Waals surface area contributed by atoms with Crippen LogP contribution in [0, 0.1) is 0 Å². The maximum Gasteiger partial charge on any atom is 0.132 e. The number of fused-ring (bicyclic) bond motifs is 3. The molecule has 3 heteroatoms. The van der Waals surface area contributed by atoms with Gasteiger partial charge in [-0.3, -0.25) is 0 Å². The Morgan fingerprint density at radius 1 is 0.657 bits per heavy atom. The maximum atomic E-state index is 5.03. The molecule has 35 heavy (non-hydrogen) atoms. The van der Waals surface area contributed by atoms with E-state index >= 15 is 0 Å². The van der Waals surface area contributed by atoms with Gasteiger partial charge in [-0.15, -0.1) is 0 Å². The van der Waals surface area contributed by atoms with Crippen LogP contribution in [-0.4, -0.2) is 9.13 Å². The predicted molar refractivity (Wildman–Crippen MR) is 146 cm³/mol. The van der Waals surface area contributed by atoms with Crippen molar-refractivity contribution in [2.24, 2.45) is 12.0 Å². The summed E-state index contributed by atoms with van der Waals surface area (Å²) in [6.07, 6.45) is 4.18. The van der Waals surface area contributed by atoms with Gasteiger partial charge in [0.25, 0.3) is 0 Å². The molecule has 0 saturated heterocycles. The molecular formula is C32H25N3. The van der Waals surface area contributed by atoms with E-state index in [0.29, 0.717) is 0 Å². The second kappa shape index (κ2) is 8.96. The molecule has 2 aromatic heterocycles. The van der Waals surface area contributed by atoms with Crippen LogP contribution in [0.4, 0.5) is 0 Å². The Balaban J connectivity index is 1.55. The van der Waals surface area contributed by atoms with E-state index in [9.17, 15) is 0 Å². The third-order valence-corrected chi connectivity index (χ3v) is 6.34. The van der Waals surface area contributed by atoms with Gasteiger partial charge in [-0.25, -0.2) is 4.99 Å². The summed E-state index contributed by atoms with van der Waals surface area (Å²) in [4.78, 5) is 5.03. The van der Waals surface area contributed by atoms with Gasteiger partial charge in [0.15, 0.2) is 0 Å². The summed E-state index contributed by atoms with van der Waals surface area (Å²) in [5.74, 6) is 0. The highest BCUT2D eigenvalue weighted by Gasteiger charge is 2.11. The van der Waals surface area contributed by atoms with E-state index in [1.165, 1.54) is 21.8 Å². The average molecular weight is 452 g/mol. The first kappa shape index (κ1) is 20.9. The van der Waals surface area contributed by atoms with Crippen molar-refractivity contribution in [3.63, 3.8) is 0 Å². The summed E-state index contributed by atoms with van der Waals surface area (Å²) in [5, 5.41) is 2.53. The van der Waals surface area contributed by atoms with Crippen LogP contribution in [0.2, 0.25) is 0 Å². The molecule has 0 radical (unpaired) electrons. The minimum atomic E-state index is 0.904. The molecule has 0 spiro atoms. The van der Waals surface area contributed by atoms with Crippen molar-refractivity contribution >= 4 is 33.6 Å². The number of hydrogen-bond acceptors (Lipinski definition) is 1. The van der Waals surface area contributed by atoms with Gasteiger partial charge in [-0.1, -0.05) is 84.9 Å². The first-order valence-corrected chi connectivity index (χ1v) is 11.8. The van der Waals surface area contributed by atoms with Crippen LogP contribution in [0.25, 0.3) is 39.3 Å². The zero-order valence-corrected chi connectivity index (χ0v) is 19.5. The number of nitrogens with zero attached hydrogens (tertiary/aromatic N) is 3. The third-order valence-electron chi connectivity index (χ3n) is 6.34. The van der Waals surface area contributed by atoms with E-state index in [-0.39, 0.29) is 0 Å². The zero-order valence-electron chi connectivity index (χ0n) is 19.5.